The molecule has 0 aliphatic rings. The Bertz CT molecular complexity index is 1110. The highest BCUT2D eigenvalue weighted by Crippen LogP contribution is 2.17. The SMILES string of the molecule is CCC/C=C\CCCCCCCC(=O)OCC(COC(=O)CCCCCCCCCCC/C=C\C/C=C\CCCCCCC)OC(=O)CCCCCCCCCCCCCCCCCCC. The Morgan fingerprint density at radius 2 is 0.576 bits per heavy atom. The van der Waals surface area contributed by atoms with E-state index in [0.29, 0.717) is 19.3 Å². The second-order valence-corrected chi connectivity index (χ2v) is 19.6. The Balaban J connectivity index is 4.26. The lowest BCUT2D eigenvalue weighted by atomic mass is 10.0. The number of unbranched alkanes of at least 4 members (excludes halogenated alkanes) is 36. The number of ether oxygens (including phenoxy) is 3. The van der Waals surface area contributed by atoms with Gasteiger partial charge in [-0.1, -0.05) is 256 Å². The zero-order chi connectivity index (χ0) is 47.9. The first-order valence-electron chi connectivity index (χ1n) is 29.0. The molecule has 0 N–H and O–H groups in total. The Morgan fingerprint density at radius 1 is 0.303 bits per heavy atom. The van der Waals surface area contributed by atoms with Crippen LogP contribution in [0.5, 0.6) is 0 Å². The summed E-state index contributed by atoms with van der Waals surface area (Å²) in [6, 6.07) is 0. The molecule has 1 atom stereocenters. The average molecular weight is 928 g/mol. The maximum Gasteiger partial charge on any atom is 0.306 e. The Kier molecular flexibility index (Phi) is 53.2. The number of hydrogen-bond donors (Lipinski definition) is 0. The summed E-state index contributed by atoms with van der Waals surface area (Å²) in [5.41, 5.74) is 0. The van der Waals surface area contributed by atoms with Crippen molar-refractivity contribution < 1.29 is 28.6 Å². The lowest BCUT2D eigenvalue weighted by molar-refractivity contribution is -0.167. The predicted octanol–water partition coefficient (Wildman–Crippen LogP) is 19.3. The van der Waals surface area contributed by atoms with Crippen molar-refractivity contribution in [3.63, 3.8) is 0 Å². The highest BCUT2D eigenvalue weighted by Gasteiger charge is 2.19. The van der Waals surface area contributed by atoms with E-state index in [0.717, 1.165) is 77.0 Å². The topological polar surface area (TPSA) is 78.9 Å². The number of carbonyl (C=O) groups is 3. The summed E-state index contributed by atoms with van der Waals surface area (Å²) in [6.45, 7) is 6.60. The van der Waals surface area contributed by atoms with Crippen molar-refractivity contribution in [3.8, 4) is 0 Å². The zero-order valence-electron chi connectivity index (χ0n) is 44.2. The number of rotatable bonds is 53. The highest BCUT2D eigenvalue weighted by atomic mass is 16.6. The molecule has 0 rings (SSSR count). The number of hydrogen-bond acceptors (Lipinski definition) is 6. The van der Waals surface area contributed by atoms with Gasteiger partial charge in [0.1, 0.15) is 13.2 Å². The summed E-state index contributed by atoms with van der Waals surface area (Å²) in [7, 11) is 0. The molecule has 0 aromatic heterocycles. The summed E-state index contributed by atoms with van der Waals surface area (Å²) in [4.78, 5) is 38.1. The minimum atomic E-state index is -0.773. The van der Waals surface area contributed by atoms with E-state index in [-0.39, 0.29) is 31.1 Å². The van der Waals surface area contributed by atoms with Gasteiger partial charge in [0, 0.05) is 19.3 Å². The minimum absolute atomic E-state index is 0.0737. The maximum absolute atomic E-state index is 12.8. The molecule has 386 valence electrons. The van der Waals surface area contributed by atoms with Gasteiger partial charge < -0.3 is 14.2 Å². The molecule has 6 heteroatoms. The molecule has 0 spiro atoms. The number of esters is 3. The number of allylic oxidation sites excluding steroid dienone is 6. The average Bonchev–Trinajstić information content (AvgIpc) is 3.31. The molecular formula is C60H110O6. The van der Waals surface area contributed by atoms with Gasteiger partial charge in [0.2, 0.25) is 0 Å². The third kappa shape index (κ3) is 52.6. The molecule has 0 aliphatic heterocycles. The molecule has 0 radical (unpaired) electrons. The van der Waals surface area contributed by atoms with Crippen molar-refractivity contribution >= 4 is 17.9 Å². The molecule has 0 aromatic carbocycles. The molecule has 0 fully saturated rings. The van der Waals surface area contributed by atoms with Crippen LogP contribution in [0.4, 0.5) is 0 Å². The fourth-order valence-electron chi connectivity index (χ4n) is 8.48. The smallest absolute Gasteiger partial charge is 0.306 e. The lowest BCUT2D eigenvalue weighted by Gasteiger charge is -2.18. The maximum atomic E-state index is 12.8. The summed E-state index contributed by atoms with van der Waals surface area (Å²) in [5, 5.41) is 0. The van der Waals surface area contributed by atoms with E-state index < -0.39 is 6.10 Å². The highest BCUT2D eigenvalue weighted by molar-refractivity contribution is 5.71. The fraction of sp³-hybridized carbons (Fsp3) is 0.850. The quantitative estimate of drug-likeness (QED) is 0.0262. The van der Waals surface area contributed by atoms with Crippen LogP contribution in [0.2, 0.25) is 0 Å². The Morgan fingerprint density at radius 3 is 0.909 bits per heavy atom. The minimum Gasteiger partial charge on any atom is -0.462 e. The standard InChI is InChI=1S/C60H110O6/c1-4-7-10-13-16-19-22-24-26-28-29-30-31-33-34-36-38-41-44-47-50-53-59(62)65-56-57(55-64-58(61)52-49-46-43-40-21-18-15-12-9-6-3)66-60(63)54-51-48-45-42-39-37-35-32-27-25-23-20-17-14-11-8-5-2/h12,15,22,24,28-29,57H,4-11,13-14,16-21,23,25-27,30-56H2,1-3H3/b15-12-,24-22-,29-28-. The van der Waals surface area contributed by atoms with Crippen molar-refractivity contribution in [2.75, 3.05) is 13.2 Å². The van der Waals surface area contributed by atoms with Crippen LogP contribution in [0.1, 0.15) is 310 Å². The van der Waals surface area contributed by atoms with Gasteiger partial charge in [-0.3, -0.25) is 14.4 Å². The van der Waals surface area contributed by atoms with Crippen molar-refractivity contribution in [1.82, 2.24) is 0 Å². The first-order chi connectivity index (χ1) is 32.5. The van der Waals surface area contributed by atoms with E-state index in [1.807, 2.05) is 0 Å². The molecule has 0 aliphatic carbocycles. The second kappa shape index (κ2) is 55.2. The summed E-state index contributed by atoms with van der Waals surface area (Å²) >= 11 is 0. The van der Waals surface area contributed by atoms with Gasteiger partial charge in [-0.2, -0.15) is 0 Å². The van der Waals surface area contributed by atoms with E-state index in [2.05, 4.69) is 57.2 Å². The van der Waals surface area contributed by atoms with Crippen molar-refractivity contribution in [3.05, 3.63) is 36.5 Å². The van der Waals surface area contributed by atoms with Gasteiger partial charge in [-0.05, 0) is 70.6 Å². The summed E-state index contributed by atoms with van der Waals surface area (Å²) in [6.07, 6.45) is 65.7. The molecule has 6 nitrogen and oxygen atoms in total. The van der Waals surface area contributed by atoms with E-state index >= 15 is 0 Å². The molecule has 0 heterocycles. The lowest BCUT2D eigenvalue weighted by Crippen LogP contribution is -2.30. The van der Waals surface area contributed by atoms with Gasteiger partial charge in [0.25, 0.3) is 0 Å². The van der Waals surface area contributed by atoms with Crippen LogP contribution in [0, 0.1) is 0 Å². The van der Waals surface area contributed by atoms with Crippen molar-refractivity contribution in [2.45, 2.75) is 316 Å². The van der Waals surface area contributed by atoms with Gasteiger partial charge in [-0.25, -0.2) is 0 Å². The molecule has 66 heavy (non-hydrogen) atoms. The van der Waals surface area contributed by atoms with E-state index in [4.69, 9.17) is 14.2 Å². The van der Waals surface area contributed by atoms with Crippen LogP contribution in [0.25, 0.3) is 0 Å². The Labute approximate surface area is 410 Å². The first kappa shape index (κ1) is 63.6. The monoisotopic (exact) mass is 927 g/mol. The van der Waals surface area contributed by atoms with Crippen LogP contribution in [-0.4, -0.2) is 37.2 Å². The fourth-order valence-corrected chi connectivity index (χ4v) is 8.48. The third-order valence-corrected chi connectivity index (χ3v) is 12.8. The molecule has 0 bridgehead atoms. The zero-order valence-corrected chi connectivity index (χ0v) is 44.2. The van der Waals surface area contributed by atoms with Gasteiger partial charge >= 0.3 is 17.9 Å². The van der Waals surface area contributed by atoms with Crippen LogP contribution in [-0.2, 0) is 28.6 Å². The third-order valence-electron chi connectivity index (χ3n) is 12.8. The molecule has 0 aromatic rings. The summed E-state index contributed by atoms with van der Waals surface area (Å²) in [5.74, 6) is -0.872. The van der Waals surface area contributed by atoms with Crippen LogP contribution in [0.3, 0.4) is 0 Å². The van der Waals surface area contributed by atoms with Crippen LogP contribution < -0.4 is 0 Å². The first-order valence-corrected chi connectivity index (χ1v) is 29.0. The van der Waals surface area contributed by atoms with Gasteiger partial charge in [0.05, 0.1) is 0 Å². The van der Waals surface area contributed by atoms with Crippen LogP contribution >= 0.6 is 0 Å². The van der Waals surface area contributed by atoms with Gasteiger partial charge in [-0.15, -0.1) is 0 Å². The van der Waals surface area contributed by atoms with Crippen molar-refractivity contribution in [2.24, 2.45) is 0 Å². The molecular weight excluding hydrogens is 817 g/mol. The molecule has 0 amide bonds. The van der Waals surface area contributed by atoms with Crippen molar-refractivity contribution in [1.29, 1.82) is 0 Å². The predicted molar refractivity (Wildman–Crippen MR) is 284 cm³/mol. The molecule has 1 unspecified atom stereocenters. The van der Waals surface area contributed by atoms with E-state index in [9.17, 15) is 14.4 Å². The molecule has 0 saturated heterocycles. The van der Waals surface area contributed by atoms with E-state index in [1.54, 1.807) is 0 Å². The normalized spacial score (nSPS) is 12.2. The second-order valence-electron chi connectivity index (χ2n) is 19.6. The van der Waals surface area contributed by atoms with E-state index in [1.165, 1.54) is 193 Å². The Hall–Kier alpha value is -2.37. The largest absolute Gasteiger partial charge is 0.462 e. The van der Waals surface area contributed by atoms with Gasteiger partial charge in [0.15, 0.2) is 6.10 Å². The molecule has 0 saturated carbocycles. The number of carbonyl (C=O) groups excluding carboxylic acids is 3. The van der Waals surface area contributed by atoms with Crippen LogP contribution in [0.15, 0.2) is 36.5 Å². The summed E-state index contributed by atoms with van der Waals surface area (Å²) < 4.78 is 16.8.